The maximum absolute atomic E-state index is 12.5. The Morgan fingerprint density at radius 2 is 1.78 bits per heavy atom. The molecule has 0 aromatic rings. The summed E-state index contributed by atoms with van der Waals surface area (Å²) in [4.78, 5) is 29.9. The van der Waals surface area contributed by atoms with Crippen LogP contribution < -0.4 is 5.32 Å². The van der Waals surface area contributed by atoms with Gasteiger partial charge in [0.2, 0.25) is 5.91 Å². The molecule has 2 heterocycles. The molecule has 2 saturated heterocycles. The molecule has 18 heavy (non-hydrogen) atoms. The molecule has 2 rings (SSSR count). The van der Waals surface area contributed by atoms with Crippen LogP contribution in [-0.2, 0) is 4.79 Å². The predicted molar refractivity (Wildman–Crippen MR) is 68.3 cm³/mol. The van der Waals surface area contributed by atoms with Crippen LogP contribution in [0, 0.1) is 0 Å². The van der Waals surface area contributed by atoms with E-state index in [4.69, 9.17) is 0 Å². The van der Waals surface area contributed by atoms with Crippen LogP contribution in [-0.4, -0.2) is 78.5 Å². The topological polar surface area (TPSA) is 55.9 Å². The summed E-state index contributed by atoms with van der Waals surface area (Å²) in [5.41, 5.74) is -0.741. The number of hydrogen-bond donors (Lipinski definition) is 1. The van der Waals surface area contributed by atoms with Crippen molar-refractivity contribution in [3.05, 3.63) is 0 Å². The molecule has 0 unspecified atom stereocenters. The second-order valence-electron chi connectivity index (χ2n) is 5.46. The van der Waals surface area contributed by atoms with E-state index >= 15 is 0 Å². The van der Waals surface area contributed by atoms with E-state index in [-0.39, 0.29) is 11.9 Å². The molecule has 3 amide bonds. The van der Waals surface area contributed by atoms with Crippen molar-refractivity contribution in [2.45, 2.75) is 19.4 Å². The van der Waals surface area contributed by atoms with Crippen molar-refractivity contribution in [3.63, 3.8) is 0 Å². The summed E-state index contributed by atoms with van der Waals surface area (Å²) in [6.45, 7) is 7.96. The lowest BCUT2D eigenvalue weighted by atomic mass is 9.98. The minimum atomic E-state index is -0.741. The molecule has 0 aliphatic carbocycles. The van der Waals surface area contributed by atoms with Gasteiger partial charge in [-0.1, -0.05) is 0 Å². The third-order valence-corrected chi connectivity index (χ3v) is 3.82. The van der Waals surface area contributed by atoms with E-state index in [2.05, 4.69) is 5.32 Å². The zero-order valence-corrected chi connectivity index (χ0v) is 11.4. The fourth-order valence-corrected chi connectivity index (χ4v) is 2.58. The van der Waals surface area contributed by atoms with Gasteiger partial charge in [0.1, 0.15) is 5.54 Å². The average Bonchev–Trinajstić information content (AvgIpc) is 2.36. The van der Waals surface area contributed by atoms with Gasteiger partial charge in [-0.2, -0.15) is 0 Å². The van der Waals surface area contributed by atoms with Crippen LogP contribution in [0.2, 0.25) is 0 Å². The van der Waals surface area contributed by atoms with Gasteiger partial charge in [0.05, 0.1) is 0 Å². The number of carbonyl (C=O) groups excluding carboxylic acids is 2. The fraction of sp³-hybridized carbons (Fsp3) is 0.833. The molecule has 0 saturated carbocycles. The first kappa shape index (κ1) is 13.1. The Kier molecular flexibility index (Phi) is 3.47. The van der Waals surface area contributed by atoms with Crippen LogP contribution in [0.5, 0.6) is 0 Å². The second-order valence-corrected chi connectivity index (χ2v) is 5.46. The van der Waals surface area contributed by atoms with Crippen molar-refractivity contribution in [2.75, 3.05) is 46.3 Å². The maximum atomic E-state index is 12.5. The van der Waals surface area contributed by atoms with Crippen LogP contribution in [0.1, 0.15) is 13.8 Å². The first-order chi connectivity index (χ1) is 8.44. The first-order valence-electron chi connectivity index (χ1n) is 6.47. The molecule has 0 aromatic heterocycles. The van der Waals surface area contributed by atoms with E-state index in [1.165, 1.54) is 0 Å². The van der Waals surface area contributed by atoms with Crippen molar-refractivity contribution < 1.29 is 9.59 Å². The standard InChI is InChI=1S/C12H22N4O2/c1-12(2)10(17)14(3)8-9-16(12)11(18)15-6-4-13-5-7-15/h13H,4-9H2,1-3H3. The summed E-state index contributed by atoms with van der Waals surface area (Å²) in [6.07, 6.45) is 0. The number of hydrogen-bond acceptors (Lipinski definition) is 3. The molecule has 2 aliphatic rings. The molecule has 0 bridgehead atoms. The SMILES string of the molecule is CN1CCN(C(=O)N2CCNCC2)C(C)(C)C1=O. The lowest BCUT2D eigenvalue weighted by molar-refractivity contribution is -0.144. The Morgan fingerprint density at radius 1 is 1.17 bits per heavy atom. The van der Waals surface area contributed by atoms with E-state index in [1.807, 2.05) is 18.7 Å². The molecule has 1 N–H and O–H groups in total. The molecule has 0 radical (unpaired) electrons. The zero-order chi connectivity index (χ0) is 13.3. The Morgan fingerprint density at radius 3 is 2.39 bits per heavy atom. The van der Waals surface area contributed by atoms with Crippen molar-refractivity contribution in [1.29, 1.82) is 0 Å². The van der Waals surface area contributed by atoms with Crippen molar-refractivity contribution in [1.82, 2.24) is 20.0 Å². The third-order valence-electron chi connectivity index (χ3n) is 3.82. The normalized spacial score (nSPS) is 24.4. The summed E-state index contributed by atoms with van der Waals surface area (Å²) in [6, 6.07) is -0.0112. The van der Waals surface area contributed by atoms with Gasteiger partial charge >= 0.3 is 6.03 Å². The zero-order valence-electron chi connectivity index (χ0n) is 11.4. The van der Waals surface area contributed by atoms with Crippen molar-refractivity contribution in [3.8, 4) is 0 Å². The highest BCUT2D eigenvalue weighted by atomic mass is 16.2. The van der Waals surface area contributed by atoms with E-state index in [0.29, 0.717) is 13.1 Å². The lowest BCUT2D eigenvalue weighted by Gasteiger charge is -2.46. The molecule has 0 atom stereocenters. The molecule has 6 nitrogen and oxygen atoms in total. The quantitative estimate of drug-likeness (QED) is 0.638. The molecule has 2 aliphatic heterocycles. The highest BCUT2D eigenvalue weighted by molar-refractivity contribution is 5.91. The minimum Gasteiger partial charge on any atom is -0.342 e. The number of amides is 3. The number of piperazine rings is 2. The number of nitrogens with one attached hydrogen (secondary N) is 1. The smallest absolute Gasteiger partial charge is 0.321 e. The van der Waals surface area contributed by atoms with Gasteiger partial charge in [0.25, 0.3) is 0 Å². The van der Waals surface area contributed by atoms with Crippen LogP contribution in [0.25, 0.3) is 0 Å². The van der Waals surface area contributed by atoms with Crippen LogP contribution >= 0.6 is 0 Å². The van der Waals surface area contributed by atoms with Crippen molar-refractivity contribution >= 4 is 11.9 Å². The molecule has 102 valence electrons. The molecule has 0 aromatic carbocycles. The van der Waals surface area contributed by atoms with Crippen LogP contribution in [0.15, 0.2) is 0 Å². The van der Waals surface area contributed by atoms with Gasteiger partial charge in [-0.3, -0.25) is 4.79 Å². The van der Waals surface area contributed by atoms with E-state index in [1.54, 1.807) is 16.8 Å². The van der Waals surface area contributed by atoms with E-state index in [0.717, 1.165) is 26.2 Å². The van der Waals surface area contributed by atoms with E-state index in [9.17, 15) is 9.59 Å². The Hall–Kier alpha value is -1.30. The predicted octanol–water partition coefficient (Wildman–Crippen LogP) is -0.436. The van der Waals surface area contributed by atoms with Crippen LogP contribution in [0.3, 0.4) is 0 Å². The molecule has 2 fully saturated rings. The van der Waals surface area contributed by atoms with Gasteiger partial charge in [-0.05, 0) is 13.8 Å². The summed E-state index contributed by atoms with van der Waals surface area (Å²) < 4.78 is 0. The number of carbonyl (C=O) groups is 2. The summed E-state index contributed by atoms with van der Waals surface area (Å²) in [5.74, 6) is 0.0113. The minimum absolute atomic E-state index is 0.0112. The number of likely N-dealkylation sites (N-methyl/N-ethyl adjacent to an activating group) is 1. The Bertz CT molecular complexity index is 350. The lowest BCUT2D eigenvalue weighted by Crippen LogP contribution is -2.66. The Balaban J connectivity index is 2.11. The third kappa shape index (κ3) is 2.16. The highest BCUT2D eigenvalue weighted by Crippen LogP contribution is 2.23. The fourth-order valence-electron chi connectivity index (χ4n) is 2.58. The summed E-state index contributed by atoms with van der Waals surface area (Å²) in [7, 11) is 1.79. The summed E-state index contributed by atoms with van der Waals surface area (Å²) >= 11 is 0. The molecule has 0 spiro atoms. The molecular weight excluding hydrogens is 232 g/mol. The van der Waals surface area contributed by atoms with Gasteiger partial charge in [0, 0.05) is 46.3 Å². The Labute approximate surface area is 108 Å². The monoisotopic (exact) mass is 254 g/mol. The second kappa shape index (κ2) is 4.76. The molecule has 6 heteroatoms. The highest BCUT2D eigenvalue weighted by Gasteiger charge is 2.44. The van der Waals surface area contributed by atoms with Gasteiger partial charge in [0.15, 0.2) is 0 Å². The van der Waals surface area contributed by atoms with E-state index < -0.39 is 5.54 Å². The molecular formula is C12H22N4O2. The number of rotatable bonds is 0. The first-order valence-corrected chi connectivity index (χ1v) is 6.47. The largest absolute Gasteiger partial charge is 0.342 e. The van der Waals surface area contributed by atoms with Gasteiger partial charge in [-0.25, -0.2) is 4.79 Å². The van der Waals surface area contributed by atoms with Crippen LogP contribution in [0.4, 0.5) is 4.79 Å². The van der Waals surface area contributed by atoms with Gasteiger partial charge in [-0.15, -0.1) is 0 Å². The van der Waals surface area contributed by atoms with Gasteiger partial charge < -0.3 is 20.0 Å². The average molecular weight is 254 g/mol. The number of nitrogens with zero attached hydrogens (tertiary/aromatic N) is 3. The number of urea groups is 1. The van der Waals surface area contributed by atoms with Crippen molar-refractivity contribution in [2.24, 2.45) is 0 Å². The maximum Gasteiger partial charge on any atom is 0.321 e. The summed E-state index contributed by atoms with van der Waals surface area (Å²) in [5, 5.41) is 3.22.